The third-order valence-corrected chi connectivity index (χ3v) is 2.41. The van der Waals surface area contributed by atoms with Gasteiger partial charge in [-0.05, 0) is 25.2 Å². The van der Waals surface area contributed by atoms with Crippen molar-refractivity contribution in [2.75, 3.05) is 0 Å². The zero-order chi connectivity index (χ0) is 15.0. The van der Waals surface area contributed by atoms with Gasteiger partial charge in [-0.2, -0.15) is 0 Å². The standard InChI is InChI=1S/C16H15NO3/c1-3-7-14(12-13(2)17(19)20)10-11-16(18)15-8-5-4-6-9-15/h3-12H,2H2,1H3/b7-3-,11-10+,14-12+. The van der Waals surface area contributed by atoms with Crippen molar-refractivity contribution < 1.29 is 9.72 Å². The lowest BCUT2D eigenvalue weighted by atomic mass is 10.1. The number of nitro groups is 1. The smallest absolute Gasteiger partial charge is 0.262 e. The molecule has 0 saturated carbocycles. The predicted octanol–water partition coefficient (Wildman–Crippen LogP) is 3.72. The topological polar surface area (TPSA) is 60.2 Å². The van der Waals surface area contributed by atoms with E-state index in [0.29, 0.717) is 11.1 Å². The molecule has 4 heteroatoms. The summed E-state index contributed by atoms with van der Waals surface area (Å²) in [6.45, 7) is 5.12. The minimum atomic E-state index is -0.573. The monoisotopic (exact) mass is 269 g/mol. The molecule has 0 N–H and O–H groups in total. The van der Waals surface area contributed by atoms with E-state index in [1.807, 2.05) is 6.07 Å². The summed E-state index contributed by atoms with van der Waals surface area (Å²) in [6.07, 6.45) is 7.63. The maximum atomic E-state index is 11.9. The molecule has 4 nitrogen and oxygen atoms in total. The van der Waals surface area contributed by atoms with Crippen LogP contribution in [0, 0.1) is 10.1 Å². The van der Waals surface area contributed by atoms with Crippen molar-refractivity contribution in [1.82, 2.24) is 0 Å². The molecule has 1 aromatic rings. The Morgan fingerprint density at radius 3 is 2.40 bits per heavy atom. The van der Waals surface area contributed by atoms with Gasteiger partial charge < -0.3 is 0 Å². The second-order valence-corrected chi connectivity index (χ2v) is 3.96. The zero-order valence-corrected chi connectivity index (χ0v) is 11.2. The average molecular weight is 269 g/mol. The van der Waals surface area contributed by atoms with E-state index in [4.69, 9.17) is 0 Å². The molecule has 0 saturated heterocycles. The van der Waals surface area contributed by atoms with Gasteiger partial charge in [0.15, 0.2) is 5.78 Å². The molecule has 0 aromatic heterocycles. The molecule has 0 spiro atoms. The van der Waals surface area contributed by atoms with E-state index in [1.54, 1.807) is 43.3 Å². The van der Waals surface area contributed by atoms with Crippen molar-refractivity contribution in [1.29, 1.82) is 0 Å². The SMILES string of the molecule is C=C(/C=C(\C=C/C)/C=C/C(=O)c1ccccc1)[N+](=O)[O-]. The summed E-state index contributed by atoms with van der Waals surface area (Å²) in [5.74, 6) is -0.160. The molecule has 0 atom stereocenters. The first-order valence-corrected chi connectivity index (χ1v) is 5.99. The van der Waals surface area contributed by atoms with Gasteiger partial charge in [-0.25, -0.2) is 0 Å². The Balaban J connectivity index is 2.91. The van der Waals surface area contributed by atoms with Gasteiger partial charge in [0.25, 0.3) is 5.70 Å². The van der Waals surface area contributed by atoms with Gasteiger partial charge in [-0.3, -0.25) is 14.9 Å². The van der Waals surface area contributed by atoms with E-state index < -0.39 is 4.92 Å². The molecule has 0 heterocycles. The Hall–Kier alpha value is -2.75. The van der Waals surface area contributed by atoms with Crippen LogP contribution in [0.25, 0.3) is 0 Å². The van der Waals surface area contributed by atoms with E-state index in [0.717, 1.165) is 0 Å². The fourth-order valence-electron chi connectivity index (χ4n) is 1.46. The summed E-state index contributed by atoms with van der Waals surface area (Å²) in [4.78, 5) is 21.9. The number of hydrogen-bond acceptors (Lipinski definition) is 3. The van der Waals surface area contributed by atoms with Crippen molar-refractivity contribution in [3.8, 4) is 0 Å². The number of benzene rings is 1. The number of hydrogen-bond donors (Lipinski definition) is 0. The molecule has 102 valence electrons. The largest absolute Gasteiger partial charge is 0.289 e. The molecule has 20 heavy (non-hydrogen) atoms. The fraction of sp³-hybridized carbons (Fsp3) is 0.0625. The highest BCUT2D eigenvalue weighted by Crippen LogP contribution is 2.07. The number of allylic oxidation sites excluding steroid dienone is 6. The van der Waals surface area contributed by atoms with Crippen molar-refractivity contribution in [3.63, 3.8) is 0 Å². The lowest BCUT2D eigenvalue weighted by Crippen LogP contribution is -1.95. The number of carbonyl (C=O) groups excluding carboxylic acids is 1. The first-order valence-electron chi connectivity index (χ1n) is 5.99. The van der Waals surface area contributed by atoms with Gasteiger partial charge in [0.05, 0.1) is 4.92 Å². The molecule has 0 aliphatic heterocycles. The van der Waals surface area contributed by atoms with Crippen LogP contribution in [-0.4, -0.2) is 10.7 Å². The number of carbonyl (C=O) groups is 1. The summed E-state index contributed by atoms with van der Waals surface area (Å²) in [5, 5.41) is 10.5. The molecule has 0 radical (unpaired) electrons. The van der Waals surface area contributed by atoms with Gasteiger partial charge >= 0.3 is 0 Å². The summed E-state index contributed by atoms with van der Waals surface area (Å²) >= 11 is 0. The summed E-state index contributed by atoms with van der Waals surface area (Å²) in [7, 11) is 0. The molecule has 0 aliphatic rings. The molecule has 1 rings (SSSR count). The number of rotatable bonds is 6. The molecular weight excluding hydrogens is 254 g/mol. The van der Waals surface area contributed by atoms with Gasteiger partial charge in [-0.1, -0.05) is 48.6 Å². The second kappa shape index (κ2) is 7.63. The van der Waals surface area contributed by atoms with Crippen molar-refractivity contribution in [2.45, 2.75) is 6.92 Å². The van der Waals surface area contributed by atoms with Crippen LogP contribution < -0.4 is 0 Å². The lowest BCUT2D eigenvalue weighted by Gasteiger charge is -1.96. The molecular formula is C16H15NO3. The maximum absolute atomic E-state index is 11.9. The Morgan fingerprint density at radius 2 is 1.85 bits per heavy atom. The molecule has 0 bridgehead atoms. The molecule has 0 fully saturated rings. The molecule has 0 amide bonds. The van der Waals surface area contributed by atoms with Gasteiger partial charge in [0.1, 0.15) is 0 Å². The van der Waals surface area contributed by atoms with E-state index in [9.17, 15) is 14.9 Å². The maximum Gasteiger partial charge on any atom is 0.262 e. The summed E-state index contributed by atoms with van der Waals surface area (Å²) < 4.78 is 0. The highest BCUT2D eigenvalue weighted by Gasteiger charge is 2.03. The first kappa shape index (κ1) is 15.3. The quantitative estimate of drug-likeness (QED) is 0.260. The summed E-state index contributed by atoms with van der Waals surface area (Å²) in [6, 6.07) is 8.80. The van der Waals surface area contributed by atoms with Crippen molar-refractivity contribution in [3.05, 3.63) is 94.2 Å². The van der Waals surface area contributed by atoms with Crippen LogP contribution >= 0.6 is 0 Å². The van der Waals surface area contributed by atoms with Crippen LogP contribution in [0.5, 0.6) is 0 Å². The van der Waals surface area contributed by atoms with Crippen LogP contribution in [-0.2, 0) is 0 Å². The summed E-state index contributed by atoms with van der Waals surface area (Å²) in [5.41, 5.74) is 0.880. The third kappa shape index (κ3) is 4.86. The minimum Gasteiger partial charge on any atom is -0.289 e. The van der Waals surface area contributed by atoms with Crippen LogP contribution in [0.15, 0.2) is 78.6 Å². The molecule has 0 aliphatic carbocycles. The Bertz CT molecular complexity index is 595. The minimum absolute atomic E-state index is 0.160. The van der Waals surface area contributed by atoms with Gasteiger partial charge in [0, 0.05) is 11.6 Å². The third-order valence-electron chi connectivity index (χ3n) is 2.41. The van der Waals surface area contributed by atoms with Crippen LogP contribution in [0.3, 0.4) is 0 Å². The fourth-order valence-corrected chi connectivity index (χ4v) is 1.46. The predicted molar refractivity (Wildman–Crippen MR) is 78.9 cm³/mol. The van der Waals surface area contributed by atoms with Crippen LogP contribution in [0.1, 0.15) is 17.3 Å². The number of nitrogens with zero attached hydrogens (tertiary/aromatic N) is 1. The van der Waals surface area contributed by atoms with Gasteiger partial charge in [-0.15, -0.1) is 0 Å². The normalized spacial score (nSPS) is 11.9. The van der Waals surface area contributed by atoms with E-state index in [-0.39, 0.29) is 11.5 Å². The van der Waals surface area contributed by atoms with Crippen molar-refractivity contribution in [2.24, 2.45) is 0 Å². The second-order valence-electron chi connectivity index (χ2n) is 3.96. The van der Waals surface area contributed by atoms with E-state index in [2.05, 4.69) is 6.58 Å². The first-order chi connectivity index (χ1) is 9.54. The number of ketones is 1. The van der Waals surface area contributed by atoms with Crippen LogP contribution in [0.4, 0.5) is 0 Å². The Kier molecular flexibility index (Phi) is 5.84. The highest BCUT2D eigenvalue weighted by atomic mass is 16.6. The van der Waals surface area contributed by atoms with E-state index >= 15 is 0 Å². The van der Waals surface area contributed by atoms with Crippen LogP contribution in [0.2, 0.25) is 0 Å². The van der Waals surface area contributed by atoms with E-state index in [1.165, 1.54) is 18.2 Å². The average Bonchev–Trinajstić information content (AvgIpc) is 2.45. The Labute approximate surface area is 117 Å². The molecule has 1 aromatic carbocycles. The van der Waals surface area contributed by atoms with Gasteiger partial charge in [0.2, 0.25) is 0 Å². The highest BCUT2D eigenvalue weighted by molar-refractivity contribution is 6.04. The van der Waals surface area contributed by atoms with Crippen molar-refractivity contribution >= 4 is 5.78 Å². The molecule has 0 unspecified atom stereocenters. The Morgan fingerprint density at radius 1 is 1.20 bits per heavy atom. The lowest BCUT2D eigenvalue weighted by molar-refractivity contribution is -0.418. The zero-order valence-electron chi connectivity index (χ0n) is 11.2.